The van der Waals surface area contributed by atoms with Crippen molar-refractivity contribution in [3.05, 3.63) is 82.9 Å². The Morgan fingerprint density at radius 2 is 1.85 bits per heavy atom. The summed E-state index contributed by atoms with van der Waals surface area (Å²) in [5.74, 6) is -2.81. The van der Waals surface area contributed by atoms with Crippen molar-refractivity contribution in [2.75, 3.05) is 11.9 Å². The topological polar surface area (TPSA) is 111 Å². The van der Waals surface area contributed by atoms with Crippen molar-refractivity contribution in [1.82, 2.24) is 10.3 Å². The molecule has 2 amide bonds. The lowest BCUT2D eigenvalue weighted by Gasteiger charge is -2.17. The third-order valence-corrected chi connectivity index (χ3v) is 4.68. The van der Waals surface area contributed by atoms with Crippen LogP contribution in [0, 0.1) is 0 Å². The number of rotatable bonds is 8. The molecule has 0 spiro atoms. The lowest BCUT2D eigenvalue weighted by Crippen LogP contribution is -2.44. The number of ether oxygens (including phenoxy) is 1. The lowest BCUT2D eigenvalue weighted by molar-refractivity contribution is -0.149. The fourth-order valence-corrected chi connectivity index (χ4v) is 2.98. The number of esters is 1. The van der Waals surface area contributed by atoms with E-state index >= 15 is 0 Å². The van der Waals surface area contributed by atoms with Gasteiger partial charge in [-0.1, -0.05) is 41.9 Å². The number of pyridine rings is 1. The van der Waals surface area contributed by atoms with Crippen molar-refractivity contribution >= 4 is 35.2 Å². The number of carbonyl (C=O) groups excluding carboxylic acids is 3. The number of halogens is 4. The van der Waals surface area contributed by atoms with E-state index in [1.54, 1.807) is 30.3 Å². The summed E-state index contributed by atoms with van der Waals surface area (Å²) in [6.07, 6.45) is -2.78. The van der Waals surface area contributed by atoms with Crippen LogP contribution in [0.15, 0.2) is 65.4 Å². The Labute approximate surface area is 196 Å². The van der Waals surface area contributed by atoms with Gasteiger partial charge < -0.3 is 19.8 Å². The Balaban J connectivity index is 1.62. The van der Waals surface area contributed by atoms with Gasteiger partial charge in [0.1, 0.15) is 6.04 Å². The third kappa shape index (κ3) is 6.82. The minimum Gasteiger partial charge on any atom is -0.459 e. The molecule has 0 aliphatic rings. The molecule has 2 heterocycles. The van der Waals surface area contributed by atoms with E-state index in [1.165, 1.54) is 18.4 Å². The second-order valence-electron chi connectivity index (χ2n) is 6.90. The number of anilines is 1. The SMILES string of the molecule is O=C(COC(=O)C(Cc1ccccc1)NC(=O)c1ccco1)Nc1ncc(C(F)(F)F)cc1Cl. The molecule has 1 aromatic carbocycles. The van der Waals surface area contributed by atoms with Crippen LogP contribution in [0.4, 0.5) is 19.0 Å². The number of aromatic nitrogens is 1. The maximum absolute atomic E-state index is 12.7. The van der Waals surface area contributed by atoms with E-state index < -0.39 is 47.2 Å². The van der Waals surface area contributed by atoms with Gasteiger partial charge in [0.25, 0.3) is 11.8 Å². The van der Waals surface area contributed by atoms with Crippen LogP contribution in [-0.2, 0) is 26.9 Å². The van der Waals surface area contributed by atoms with Crippen LogP contribution < -0.4 is 10.6 Å². The summed E-state index contributed by atoms with van der Waals surface area (Å²) in [4.78, 5) is 40.6. The molecule has 0 aliphatic heterocycles. The highest BCUT2D eigenvalue weighted by molar-refractivity contribution is 6.33. The summed E-state index contributed by atoms with van der Waals surface area (Å²) >= 11 is 5.75. The minimum atomic E-state index is -4.65. The summed E-state index contributed by atoms with van der Waals surface area (Å²) in [5, 5.41) is 4.22. The molecule has 0 saturated carbocycles. The van der Waals surface area contributed by atoms with E-state index in [0.717, 1.165) is 5.56 Å². The van der Waals surface area contributed by atoms with Crippen LogP contribution in [0.2, 0.25) is 5.02 Å². The van der Waals surface area contributed by atoms with Gasteiger partial charge in [-0.25, -0.2) is 9.78 Å². The zero-order valence-corrected chi connectivity index (χ0v) is 18.0. The predicted octanol–water partition coefficient (Wildman–Crippen LogP) is 3.87. The van der Waals surface area contributed by atoms with Gasteiger partial charge in [-0.15, -0.1) is 0 Å². The molecule has 0 aliphatic carbocycles. The Morgan fingerprint density at radius 1 is 1.12 bits per heavy atom. The van der Waals surface area contributed by atoms with Gasteiger partial charge in [-0.3, -0.25) is 9.59 Å². The zero-order chi connectivity index (χ0) is 24.7. The number of hydrogen-bond acceptors (Lipinski definition) is 6. The van der Waals surface area contributed by atoms with Crippen molar-refractivity contribution in [3.63, 3.8) is 0 Å². The standard InChI is InChI=1S/C22H17ClF3N3O5/c23-15-10-14(22(24,25)26)11-27-19(15)29-18(30)12-34-21(32)16(9-13-5-2-1-3-6-13)28-20(31)17-7-4-8-33-17/h1-8,10-11,16H,9,12H2,(H,28,31)(H,27,29,30). The molecule has 3 aromatic rings. The second kappa shape index (κ2) is 10.8. The van der Waals surface area contributed by atoms with Gasteiger partial charge >= 0.3 is 12.1 Å². The first-order valence-corrected chi connectivity index (χ1v) is 10.1. The average molecular weight is 496 g/mol. The van der Waals surface area contributed by atoms with Crippen molar-refractivity contribution < 1.29 is 36.7 Å². The van der Waals surface area contributed by atoms with Gasteiger partial charge in [-0.2, -0.15) is 13.2 Å². The van der Waals surface area contributed by atoms with Crippen molar-refractivity contribution in [3.8, 4) is 0 Å². The third-order valence-electron chi connectivity index (χ3n) is 4.39. The van der Waals surface area contributed by atoms with Crippen LogP contribution >= 0.6 is 11.6 Å². The molecule has 1 atom stereocenters. The van der Waals surface area contributed by atoms with Crippen LogP contribution in [-0.4, -0.2) is 35.4 Å². The maximum atomic E-state index is 12.7. The summed E-state index contributed by atoms with van der Waals surface area (Å²) in [6.45, 7) is -0.792. The molecule has 0 fully saturated rings. The van der Waals surface area contributed by atoms with E-state index in [4.69, 9.17) is 20.8 Å². The van der Waals surface area contributed by atoms with Crippen molar-refractivity contribution in [2.45, 2.75) is 18.6 Å². The zero-order valence-electron chi connectivity index (χ0n) is 17.3. The molecule has 1 unspecified atom stereocenters. The van der Waals surface area contributed by atoms with E-state index in [2.05, 4.69) is 15.6 Å². The number of furan rings is 1. The average Bonchev–Trinajstić information content (AvgIpc) is 3.33. The van der Waals surface area contributed by atoms with Crippen LogP contribution in [0.1, 0.15) is 21.7 Å². The maximum Gasteiger partial charge on any atom is 0.417 e. The van der Waals surface area contributed by atoms with E-state index in [9.17, 15) is 27.6 Å². The number of benzene rings is 1. The number of carbonyl (C=O) groups is 3. The van der Waals surface area contributed by atoms with Crippen LogP contribution in [0.5, 0.6) is 0 Å². The quantitative estimate of drug-likeness (QED) is 0.459. The molecule has 0 radical (unpaired) electrons. The van der Waals surface area contributed by atoms with E-state index in [-0.39, 0.29) is 18.0 Å². The first kappa shape index (κ1) is 24.8. The highest BCUT2D eigenvalue weighted by Gasteiger charge is 2.32. The highest BCUT2D eigenvalue weighted by atomic mass is 35.5. The largest absolute Gasteiger partial charge is 0.459 e. The molecule has 178 valence electrons. The first-order valence-electron chi connectivity index (χ1n) is 9.71. The molecule has 3 rings (SSSR count). The molecule has 2 aromatic heterocycles. The fraction of sp³-hybridized carbons (Fsp3) is 0.182. The Bertz CT molecular complexity index is 1150. The van der Waals surface area contributed by atoms with Crippen molar-refractivity contribution in [2.24, 2.45) is 0 Å². The number of amides is 2. The molecule has 0 saturated heterocycles. The second-order valence-corrected chi connectivity index (χ2v) is 7.31. The lowest BCUT2D eigenvalue weighted by atomic mass is 10.1. The predicted molar refractivity (Wildman–Crippen MR) is 114 cm³/mol. The van der Waals surface area contributed by atoms with Gasteiger partial charge in [0, 0.05) is 12.6 Å². The molecule has 8 nitrogen and oxygen atoms in total. The van der Waals surface area contributed by atoms with Crippen LogP contribution in [0.25, 0.3) is 0 Å². The molecule has 34 heavy (non-hydrogen) atoms. The Hall–Kier alpha value is -3.86. The normalized spacial score (nSPS) is 12.0. The smallest absolute Gasteiger partial charge is 0.417 e. The van der Waals surface area contributed by atoms with Crippen molar-refractivity contribution in [1.29, 1.82) is 0 Å². The number of nitrogens with zero attached hydrogens (tertiary/aromatic N) is 1. The Kier molecular flexibility index (Phi) is 7.90. The van der Waals surface area contributed by atoms with E-state index in [1.807, 2.05) is 0 Å². The summed E-state index contributed by atoms with van der Waals surface area (Å²) in [6, 6.07) is 11.1. The first-order chi connectivity index (χ1) is 16.1. The number of alkyl halides is 3. The van der Waals surface area contributed by atoms with Gasteiger partial charge in [0.2, 0.25) is 0 Å². The summed E-state index contributed by atoms with van der Waals surface area (Å²) < 4.78 is 48.1. The molecular weight excluding hydrogens is 479 g/mol. The number of hydrogen-bond donors (Lipinski definition) is 2. The highest BCUT2D eigenvalue weighted by Crippen LogP contribution is 2.32. The molecule has 0 bridgehead atoms. The fourth-order valence-electron chi connectivity index (χ4n) is 2.77. The molecule has 12 heteroatoms. The monoisotopic (exact) mass is 495 g/mol. The minimum absolute atomic E-state index is 0.0216. The number of nitrogens with one attached hydrogen (secondary N) is 2. The summed E-state index contributed by atoms with van der Waals surface area (Å²) in [5.41, 5.74) is -0.368. The van der Waals surface area contributed by atoms with E-state index in [0.29, 0.717) is 12.3 Å². The van der Waals surface area contributed by atoms with Crippen LogP contribution in [0.3, 0.4) is 0 Å². The van der Waals surface area contributed by atoms with Gasteiger partial charge in [0.15, 0.2) is 18.2 Å². The van der Waals surface area contributed by atoms with Gasteiger partial charge in [0.05, 0.1) is 16.8 Å². The Morgan fingerprint density at radius 3 is 2.47 bits per heavy atom. The molecular formula is C22H17ClF3N3O5. The molecule has 2 N–H and O–H groups in total. The summed E-state index contributed by atoms with van der Waals surface area (Å²) in [7, 11) is 0. The van der Waals surface area contributed by atoms with Gasteiger partial charge in [-0.05, 0) is 23.8 Å².